The van der Waals surface area contributed by atoms with Gasteiger partial charge in [-0.1, -0.05) is 0 Å². The highest BCUT2D eigenvalue weighted by Crippen LogP contribution is 2.22. The molecule has 2 heterocycles. The number of hydrogen-bond acceptors (Lipinski definition) is 3. The molecule has 1 aromatic heterocycles. The van der Waals surface area contributed by atoms with Gasteiger partial charge in [-0.25, -0.2) is 4.79 Å². The Morgan fingerprint density at radius 3 is 2.73 bits per heavy atom. The van der Waals surface area contributed by atoms with Crippen LogP contribution in [0.3, 0.4) is 0 Å². The molecule has 0 spiro atoms. The first-order valence-electron chi connectivity index (χ1n) is 7.11. The van der Waals surface area contributed by atoms with Gasteiger partial charge < -0.3 is 15.2 Å². The molecule has 1 aliphatic heterocycles. The van der Waals surface area contributed by atoms with Crippen molar-refractivity contribution in [2.75, 3.05) is 13.1 Å². The third-order valence-corrected chi connectivity index (χ3v) is 4.25. The molecule has 0 aliphatic carbocycles. The minimum Gasteiger partial charge on any atom is -0.352 e. The Hall–Kier alpha value is -2.57. The van der Waals surface area contributed by atoms with E-state index in [0.717, 1.165) is 5.52 Å². The summed E-state index contributed by atoms with van der Waals surface area (Å²) in [5.74, 6) is -0.382. The van der Waals surface area contributed by atoms with Crippen molar-refractivity contribution in [1.82, 2.24) is 19.8 Å². The van der Waals surface area contributed by atoms with E-state index < -0.39 is 5.54 Å². The quantitative estimate of drug-likeness (QED) is 0.790. The smallest absolute Gasteiger partial charge is 0.326 e. The zero-order valence-electron chi connectivity index (χ0n) is 12.8. The van der Waals surface area contributed by atoms with E-state index in [0.29, 0.717) is 24.2 Å². The van der Waals surface area contributed by atoms with Crippen LogP contribution in [0.5, 0.6) is 0 Å². The van der Waals surface area contributed by atoms with Crippen molar-refractivity contribution in [2.24, 2.45) is 7.05 Å². The molecule has 3 rings (SSSR count). The van der Waals surface area contributed by atoms with Gasteiger partial charge in [0, 0.05) is 25.7 Å². The van der Waals surface area contributed by atoms with Gasteiger partial charge in [-0.2, -0.15) is 0 Å². The van der Waals surface area contributed by atoms with E-state index in [1.807, 2.05) is 0 Å². The van der Waals surface area contributed by atoms with Crippen LogP contribution in [0, 0.1) is 0 Å². The molecule has 1 fully saturated rings. The summed E-state index contributed by atoms with van der Waals surface area (Å²) in [6, 6.07) is 5.07. The predicted molar refractivity (Wildman–Crippen MR) is 81.7 cm³/mol. The third-order valence-electron chi connectivity index (χ3n) is 4.25. The lowest BCUT2D eigenvalue weighted by Crippen LogP contribution is -2.63. The van der Waals surface area contributed by atoms with E-state index in [1.54, 1.807) is 44.0 Å². The largest absolute Gasteiger partial charge is 0.352 e. The van der Waals surface area contributed by atoms with Crippen LogP contribution in [0.4, 0.5) is 0 Å². The van der Waals surface area contributed by atoms with E-state index in [9.17, 15) is 14.4 Å². The summed E-state index contributed by atoms with van der Waals surface area (Å²) in [7, 11) is 1.67. The van der Waals surface area contributed by atoms with Gasteiger partial charge >= 0.3 is 5.69 Å². The number of fused-ring (bicyclic) bond motifs is 1. The number of aromatic nitrogens is 2. The number of nitrogens with zero attached hydrogens (tertiary/aromatic N) is 2. The van der Waals surface area contributed by atoms with Crippen LogP contribution in [-0.2, 0) is 11.8 Å². The van der Waals surface area contributed by atoms with Gasteiger partial charge in [-0.3, -0.25) is 14.2 Å². The standard InChI is InChI=1S/C15H18N4O3/c1-15(2)13(21)16-6-7-19(15)12(20)9-4-5-11-10(8-9)17-14(22)18(11)3/h4-5,8H,6-7H2,1-3H3,(H,16,21)(H,17,22). The van der Waals surface area contributed by atoms with Crippen LogP contribution in [0.15, 0.2) is 23.0 Å². The van der Waals surface area contributed by atoms with Crippen LogP contribution in [0.25, 0.3) is 11.0 Å². The lowest BCUT2D eigenvalue weighted by molar-refractivity contribution is -0.133. The van der Waals surface area contributed by atoms with Crippen LogP contribution >= 0.6 is 0 Å². The number of nitrogens with one attached hydrogen (secondary N) is 2. The number of aromatic amines is 1. The normalized spacial score (nSPS) is 17.6. The maximum absolute atomic E-state index is 12.7. The topological polar surface area (TPSA) is 87.2 Å². The van der Waals surface area contributed by atoms with Crippen molar-refractivity contribution in [1.29, 1.82) is 0 Å². The molecular weight excluding hydrogens is 284 g/mol. The van der Waals surface area contributed by atoms with Crippen LogP contribution in [0.1, 0.15) is 24.2 Å². The zero-order chi connectivity index (χ0) is 16.1. The summed E-state index contributed by atoms with van der Waals surface area (Å²) < 4.78 is 1.49. The second-order valence-corrected chi connectivity index (χ2v) is 5.99. The molecular formula is C15H18N4O3. The molecule has 0 saturated carbocycles. The first-order chi connectivity index (χ1) is 10.3. The molecule has 2 aromatic rings. The summed E-state index contributed by atoms with van der Waals surface area (Å²) >= 11 is 0. The molecule has 1 aliphatic rings. The van der Waals surface area contributed by atoms with Gasteiger partial charge in [0.2, 0.25) is 5.91 Å². The van der Waals surface area contributed by atoms with Gasteiger partial charge in [0.15, 0.2) is 0 Å². The fraction of sp³-hybridized carbons (Fsp3) is 0.400. The summed E-state index contributed by atoms with van der Waals surface area (Å²) in [4.78, 5) is 40.6. The molecule has 0 unspecified atom stereocenters. The molecule has 116 valence electrons. The maximum atomic E-state index is 12.7. The van der Waals surface area contributed by atoms with Crippen molar-refractivity contribution in [3.8, 4) is 0 Å². The Balaban J connectivity index is 2.01. The number of benzene rings is 1. The van der Waals surface area contributed by atoms with E-state index in [-0.39, 0.29) is 17.5 Å². The first kappa shape index (κ1) is 14.4. The molecule has 1 saturated heterocycles. The van der Waals surface area contributed by atoms with Crippen molar-refractivity contribution in [3.05, 3.63) is 34.2 Å². The Bertz CT molecular complexity index is 831. The molecule has 0 radical (unpaired) electrons. The van der Waals surface area contributed by atoms with Crippen molar-refractivity contribution < 1.29 is 9.59 Å². The van der Waals surface area contributed by atoms with Crippen LogP contribution in [-0.4, -0.2) is 44.9 Å². The highest BCUT2D eigenvalue weighted by Gasteiger charge is 2.40. The van der Waals surface area contributed by atoms with Gasteiger partial charge in [-0.05, 0) is 32.0 Å². The van der Waals surface area contributed by atoms with E-state index in [2.05, 4.69) is 10.3 Å². The summed E-state index contributed by atoms with van der Waals surface area (Å²) in [6.07, 6.45) is 0. The van der Waals surface area contributed by atoms with Gasteiger partial charge in [0.25, 0.3) is 5.91 Å². The van der Waals surface area contributed by atoms with Gasteiger partial charge in [0.05, 0.1) is 11.0 Å². The Morgan fingerprint density at radius 1 is 1.27 bits per heavy atom. The number of imidazole rings is 1. The molecule has 7 heteroatoms. The Morgan fingerprint density at radius 2 is 2.00 bits per heavy atom. The average molecular weight is 302 g/mol. The highest BCUT2D eigenvalue weighted by molar-refractivity contribution is 6.01. The number of H-pyrrole nitrogens is 1. The zero-order valence-corrected chi connectivity index (χ0v) is 12.8. The van der Waals surface area contributed by atoms with E-state index in [1.165, 1.54) is 4.57 Å². The fourth-order valence-electron chi connectivity index (χ4n) is 2.78. The SMILES string of the molecule is Cn1c(=O)[nH]c2cc(C(=O)N3CCNC(=O)C3(C)C)ccc21. The van der Waals surface area contributed by atoms with Crippen molar-refractivity contribution >= 4 is 22.8 Å². The monoisotopic (exact) mass is 302 g/mol. The number of rotatable bonds is 1. The molecule has 2 N–H and O–H groups in total. The number of hydrogen-bond donors (Lipinski definition) is 2. The molecule has 22 heavy (non-hydrogen) atoms. The second kappa shape index (κ2) is 4.72. The highest BCUT2D eigenvalue weighted by atomic mass is 16.2. The fourth-order valence-corrected chi connectivity index (χ4v) is 2.78. The lowest BCUT2D eigenvalue weighted by atomic mass is 9.97. The second-order valence-electron chi connectivity index (χ2n) is 5.99. The van der Waals surface area contributed by atoms with Crippen molar-refractivity contribution in [3.63, 3.8) is 0 Å². The van der Waals surface area contributed by atoms with Crippen LogP contribution in [0.2, 0.25) is 0 Å². The van der Waals surface area contributed by atoms with Gasteiger partial charge in [0.1, 0.15) is 5.54 Å². The summed E-state index contributed by atoms with van der Waals surface area (Å²) in [6.45, 7) is 4.35. The Labute approximate surface area is 126 Å². The third kappa shape index (κ3) is 2.01. The van der Waals surface area contributed by atoms with Crippen molar-refractivity contribution in [2.45, 2.75) is 19.4 Å². The lowest BCUT2D eigenvalue weighted by Gasteiger charge is -2.41. The predicted octanol–water partition coefficient (Wildman–Crippen LogP) is 0.217. The number of carbonyl (C=O) groups is 2. The number of piperazine rings is 1. The molecule has 0 atom stereocenters. The maximum Gasteiger partial charge on any atom is 0.326 e. The Kier molecular flexibility index (Phi) is 3.09. The van der Waals surface area contributed by atoms with E-state index >= 15 is 0 Å². The summed E-state index contributed by atoms with van der Waals surface area (Å²) in [5.41, 5.74) is 0.679. The molecule has 2 amide bonds. The minimum absolute atomic E-state index is 0.165. The number of carbonyl (C=O) groups excluding carboxylic acids is 2. The molecule has 1 aromatic carbocycles. The number of amides is 2. The first-order valence-corrected chi connectivity index (χ1v) is 7.11. The number of aryl methyl sites for hydroxylation is 1. The molecule has 0 bridgehead atoms. The minimum atomic E-state index is -0.894. The molecule has 7 nitrogen and oxygen atoms in total. The van der Waals surface area contributed by atoms with Crippen LogP contribution < -0.4 is 11.0 Å². The van der Waals surface area contributed by atoms with Gasteiger partial charge in [-0.15, -0.1) is 0 Å². The summed E-state index contributed by atoms with van der Waals surface area (Å²) in [5, 5.41) is 2.77. The average Bonchev–Trinajstić information content (AvgIpc) is 2.76. The van der Waals surface area contributed by atoms with E-state index in [4.69, 9.17) is 0 Å².